The Morgan fingerprint density at radius 1 is 1.00 bits per heavy atom. The second-order valence-electron chi connectivity index (χ2n) is 6.46. The molecule has 0 aliphatic heterocycles. The quantitative estimate of drug-likeness (QED) is 0.562. The molecule has 4 heteroatoms. The molecule has 0 unspecified atom stereocenters. The maximum Gasteiger partial charge on any atom is 0.0589 e. The van der Waals surface area contributed by atoms with E-state index in [4.69, 9.17) is 9.47 Å². The van der Waals surface area contributed by atoms with Crippen molar-refractivity contribution in [2.45, 2.75) is 45.4 Å². The average molecular weight is 300 g/mol. The molecule has 0 atom stereocenters. The molecule has 1 aliphatic rings. The van der Waals surface area contributed by atoms with E-state index in [0.717, 1.165) is 45.8 Å². The Kier molecular flexibility index (Phi) is 10.3. The molecule has 0 heterocycles. The topological polar surface area (TPSA) is 33.7 Å². The first-order valence-corrected chi connectivity index (χ1v) is 8.67. The van der Waals surface area contributed by atoms with Crippen LogP contribution < -0.4 is 5.32 Å². The van der Waals surface area contributed by atoms with Gasteiger partial charge in [-0.3, -0.25) is 0 Å². The minimum Gasteiger partial charge on any atom is -0.385 e. The van der Waals surface area contributed by atoms with Crippen LogP contribution in [0.4, 0.5) is 0 Å². The van der Waals surface area contributed by atoms with Crippen LogP contribution in [0.2, 0.25) is 0 Å². The van der Waals surface area contributed by atoms with Crippen molar-refractivity contribution in [3.05, 3.63) is 0 Å². The molecule has 0 aromatic carbocycles. The van der Waals surface area contributed by atoms with E-state index in [9.17, 15) is 0 Å². The van der Waals surface area contributed by atoms with E-state index >= 15 is 0 Å². The van der Waals surface area contributed by atoms with Gasteiger partial charge in [0.15, 0.2) is 0 Å². The Morgan fingerprint density at radius 3 is 2.33 bits per heavy atom. The molecule has 1 fully saturated rings. The van der Waals surface area contributed by atoms with Crippen molar-refractivity contribution in [2.24, 2.45) is 5.41 Å². The van der Waals surface area contributed by atoms with Crippen LogP contribution in [0.15, 0.2) is 0 Å². The maximum atomic E-state index is 5.29. The van der Waals surface area contributed by atoms with Crippen LogP contribution in [0.5, 0.6) is 0 Å². The fourth-order valence-corrected chi connectivity index (χ4v) is 3.48. The highest BCUT2D eigenvalue weighted by atomic mass is 16.5. The highest BCUT2D eigenvalue weighted by Crippen LogP contribution is 2.36. The highest BCUT2D eigenvalue weighted by Gasteiger charge is 2.33. The lowest BCUT2D eigenvalue weighted by molar-refractivity contribution is 0.0723. The van der Waals surface area contributed by atoms with Crippen LogP contribution in [-0.4, -0.2) is 65.1 Å². The number of hydrogen-bond acceptors (Lipinski definition) is 4. The molecule has 1 N–H and O–H groups in total. The van der Waals surface area contributed by atoms with Crippen molar-refractivity contribution in [3.63, 3.8) is 0 Å². The predicted octanol–water partition coefficient (Wildman–Crippen LogP) is 2.53. The second-order valence-corrected chi connectivity index (χ2v) is 6.46. The van der Waals surface area contributed by atoms with Gasteiger partial charge in [0.2, 0.25) is 0 Å². The SMILES string of the molecule is CCNCC1(CN(CCCOC)CCOC)CCCCC1. The third-order valence-corrected chi connectivity index (χ3v) is 4.66. The molecule has 0 amide bonds. The summed E-state index contributed by atoms with van der Waals surface area (Å²) in [7, 11) is 3.58. The van der Waals surface area contributed by atoms with Crippen LogP contribution in [-0.2, 0) is 9.47 Å². The average Bonchev–Trinajstić information content (AvgIpc) is 2.52. The van der Waals surface area contributed by atoms with Crippen molar-refractivity contribution >= 4 is 0 Å². The monoisotopic (exact) mass is 300 g/mol. The summed E-state index contributed by atoms with van der Waals surface area (Å²) in [4.78, 5) is 2.59. The van der Waals surface area contributed by atoms with Gasteiger partial charge >= 0.3 is 0 Å². The smallest absolute Gasteiger partial charge is 0.0589 e. The number of methoxy groups -OCH3 is 2. The standard InChI is InChI=1S/C17H36N2O2/c1-4-18-15-17(9-6-5-7-10-17)16-19(12-14-21-3)11-8-13-20-2/h18H,4-16H2,1-3H3. The van der Waals surface area contributed by atoms with E-state index in [1.807, 2.05) is 0 Å². The molecule has 4 nitrogen and oxygen atoms in total. The van der Waals surface area contributed by atoms with Crippen molar-refractivity contribution in [1.29, 1.82) is 0 Å². The lowest BCUT2D eigenvalue weighted by Crippen LogP contribution is -2.46. The van der Waals surface area contributed by atoms with Crippen LogP contribution in [0.25, 0.3) is 0 Å². The highest BCUT2D eigenvalue weighted by molar-refractivity contribution is 4.88. The molecule has 0 spiro atoms. The lowest BCUT2D eigenvalue weighted by Gasteiger charge is -2.41. The predicted molar refractivity (Wildman–Crippen MR) is 88.9 cm³/mol. The Bertz CT molecular complexity index is 243. The summed E-state index contributed by atoms with van der Waals surface area (Å²) in [6.07, 6.45) is 8.04. The summed E-state index contributed by atoms with van der Waals surface area (Å²) in [5, 5.41) is 3.60. The Morgan fingerprint density at radius 2 is 1.71 bits per heavy atom. The maximum absolute atomic E-state index is 5.29. The van der Waals surface area contributed by atoms with E-state index in [1.165, 1.54) is 38.6 Å². The second kappa shape index (κ2) is 11.4. The third kappa shape index (κ3) is 7.59. The first kappa shape index (κ1) is 18.9. The lowest BCUT2D eigenvalue weighted by atomic mass is 9.73. The van der Waals surface area contributed by atoms with Crippen molar-refractivity contribution in [2.75, 3.05) is 60.2 Å². The minimum atomic E-state index is 0.467. The van der Waals surface area contributed by atoms with Gasteiger partial charge in [0, 0.05) is 47.0 Å². The fraction of sp³-hybridized carbons (Fsp3) is 1.00. The van der Waals surface area contributed by atoms with E-state index in [0.29, 0.717) is 5.41 Å². The number of hydrogen-bond donors (Lipinski definition) is 1. The zero-order valence-electron chi connectivity index (χ0n) is 14.5. The normalized spacial score (nSPS) is 18.3. The molecule has 1 rings (SSSR count). The summed E-state index contributed by atoms with van der Waals surface area (Å²) in [6.45, 7) is 9.47. The third-order valence-electron chi connectivity index (χ3n) is 4.66. The van der Waals surface area contributed by atoms with Gasteiger partial charge in [0.1, 0.15) is 0 Å². The summed E-state index contributed by atoms with van der Waals surface area (Å²) in [5.74, 6) is 0. The zero-order valence-corrected chi connectivity index (χ0v) is 14.5. The van der Waals surface area contributed by atoms with Gasteiger partial charge in [0.25, 0.3) is 0 Å². The molecule has 1 aliphatic carbocycles. The first-order chi connectivity index (χ1) is 10.3. The molecule has 0 saturated heterocycles. The van der Waals surface area contributed by atoms with Crippen LogP contribution in [0.1, 0.15) is 45.4 Å². The molecule has 0 aromatic heterocycles. The van der Waals surface area contributed by atoms with E-state index < -0.39 is 0 Å². The van der Waals surface area contributed by atoms with Crippen molar-refractivity contribution in [3.8, 4) is 0 Å². The van der Waals surface area contributed by atoms with E-state index in [1.54, 1.807) is 14.2 Å². The largest absolute Gasteiger partial charge is 0.385 e. The number of nitrogens with one attached hydrogen (secondary N) is 1. The Balaban J connectivity index is 2.55. The molecular formula is C17H36N2O2. The van der Waals surface area contributed by atoms with Crippen LogP contribution >= 0.6 is 0 Å². The molecule has 0 bridgehead atoms. The molecule has 21 heavy (non-hydrogen) atoms. The number of nitrogens with zero attached hydrogens (tertiary/aromatic N) is 1. The summed E-state index contributed by atoms with van der Waals surface area (Å²) >= 11 is 0. The summed E-state index contributed by atoms with van der Waals surface area (Å²) < 4.78 is 10.5. The van der Waals surface area contributed by atoms with Gasteiger partial charge in [-0.2, -0.15) is 0 Å². The first-order valence-electron chi connectivity index (χ1n) is 8.67. The molecular weight excluding hydrogens is 264 g/mol. The van der Waals surface area contributed by atoms with E-state index in [-0.39, 0.29) is 0 Å². The van der Waals surface area contributed by atoms with Gasteiger partial charge in [-0.1, -0.05) is 26.2 Å². The van der Waals surface area contributed by atoms with Crippen molar-refractivity contribution < 1.29 is 9.47 Å². The van der Waals surface area contributed by atoms with Crippen LogP contribution in [0.3, 0.4) is 0 Å². The van der Waals surface area contributed by atoms with Gasteiger partial charge in [-0.25, -0.2) is 0 Å². The molecule has 1 saturated carbocycles. The Labute approximate surface area is 131 Å². The minimum absolute atomic E-state index is 0.467. The zero-order chi connectivity index (χ0) is 15.4. The van der Waals surface area contributed by atoms with Crippen molar-refractivity contribution in [1.82, 2.24) is 10.2 Å². The van der Waals surface area contributed by atoms with E-state index in [2.05, 4.69) is 17.1 Å². The van der Waals surface area contributed by atoms with Gasteiger partial charge in [-0.05, 0) is 31.2 Å². The number of rotatable bonds is 12. The van der Waals surface area contributed by atoms with Gasteiger partial charge in [0.05, 0.1) is 6.61 Å². The fourth-order valence-electron chi connectivity index (χ4n) is 3.48. The van der Waals surface area contributed by atoms with Crippen LogP contribution in [0, 0.1) is 5.41 Å². The van der Waals surface area contributed by atoms with Gasteiger partial charge in [-0.15, -0.1) is 0 Å². The molecule has 0 aromatic rings. The molecule has 0 radical (unpaired) electrons. The Hall–Kier alpha value is -0.160. The molecule has 126 valence electrons. The summed E-state index contributed by atoms with van der Waals surface area (Å²) in [6, 6.07) is 0. The number of ether oxygens (including phenoxy) is 2. The van der Waals surface area contributed by atoms with Gasteiger partial charge < -0.3 is 19.7 Å². The summed E-state index contributed by atoms with van der Waals surface area (Å²) in [5.41, 5.74) is 0.467.